The van der Waals surface area contributed by atoms with Crippen molar-refractivity contribution < 1.29 is 22.7 Å². The van der Waals surface area contributed by atoms with Gasteiger partial charge in [0.15, 0.2) is 0 Å². The molecule has 2 aromatic heterocycles. The molecule has 2 amide bonds. The highest BCUT2D eigenvalue weighted by atomic mass is 19.4. The van der Waals surface area contributed by atoms with Crippen molar-refractivity contribution >= 4 is 17.5 Å². The number of amides is 2. The summed E-state index contributed by atoms with van der Waals surface area (Å²) < 4.78 is 48.7. The summed E-state index contributed by atoms with van der Waals surface area (Å²) in [5.74, 6) is 1.29. The standard InChI is InChI=1S/C31H33F3N6O2/c1-18(2)17-42-25-7-5-6-19(3)27(25)40-28(21-9-11-22(12-10-21)36-30(35)41)23-16-39(15-14-24(23)38-40)29-20(4)8-13-26(37-29)31(32,33)34/h5-13,18H,14-17H2,1-4H3,(H3,35,36,41). The number of alkyl halides is 3. The first kappa shape index (κ1) is 29.0. The molecule has 11 heteroatoms. The average Bonchev–Trinajstić information content (AvgIpc) is 3.29. The van der Waals surface area contributed by atoms with Gasteiger partial charge in [0.2, 0.25) is 0 Å². The molecule has 0 saturated heterocycles. The van der Waals surface area contributed by atoms with Crippen LogP contribution in [-0.4, -0.2) is 33.9 Å². The zero-order valence-electron chi connectivity index (χ0n) is 23.9. The molecule has 4 aromatic rings. The monoisotopic (exact) mass is 578 g/mol. The average molecular weight is 579 g/mol. The van der Waals surface area contributed by atoms with E-state index in [1.54, 1.807) is 19.1 Å². The van der Waals surface area contributed by atoms with Gasteiger partial charge in [-0.1, -0.05) is 44.2 Å². The van der Waals surface area contributed by atoms with Crippen LogP contribution in [0.5, 0.6) is 5.75 Å². The van der Waals surface area contributed by atoms with Crippen LogP contribution in [-0.2, 0) is 19.1 Å². The first-order valence-electron chi connectivity index (χ1n) is 13.7. The maximum atomic E-state index is 13.5. The van der Waals surface area contributed by atoms with Crippen molar-refractivity contribution in [3.8, 4) is 22.7 Å². The van der Waals surface area contributed by atoms with E-state index in [-0.39, 0.29) is 0 Å². The van der Waals surface area contributed by atoms with Crippen LogP contribution in [0.25, 0.3) is 16.9 Å². The predicted octanol–water partition coefficient (Wildman–Crippen LogP) is 6.66. The smallest absolute Gasteiger partial charge is 0.433 e. The number of anilines is 2. The number of aromatic nitrogens is 3. The number of pyridine rings is 1. The van der Waals surface area contributed by atoms with E-state index in [4.69, 9.17) is 15.6 Å². The summed E-state index contributed by atoms with van der Waals surface area (Å²) in [7, 11) is 0. The Hall–Kier alpha value is -4.54. The summed E-state index contributed by atoms with van der Waals surface area (Å²) in [6.45, 7) is 9.21. The van der Waals surface area contributed by atoms with Crippen LogP contribution in [0.4, 0.5) is 29.5 Å². The maximum absolute atomic E-state index is 13.5. The van der Waals surface area contributed by atoms with Gasteiger partial charge in [-0.05, 0) is 55.2 Å². The molecule has 0 spiro atoms. The number of urea groups is 1. The molecule has 0 bridgehead atoms. The predicted molar refractivity (Wildman–Crippen MR) is 156 cm³/mol. The van der Waals surface area contributed by atoms with Crippen LogP contribution in [0.2, 0.25) is 0 Å². The number of para-hydroxylation sites is 1. The van der Waals surface area contributed by atoms with E-state index in [0.717, 1.165) is 39.8 Å². The molecule has 0 atom stereocenters. The fourth-order valence-corrected chi connectivity index (χ4v) is 5.14. The molecule has 0 fully saturated rings. The van der Waals surface area contributed by atoms with E-state index in [9.17, 15) is 18.0 Å². The number of rotatable bonds is 7. The quantitative estimate of drug-likeness (QED) is 0.256. The zero-order valence-corrected chi connectivity index (χ0v) is 23.9. The number of nitrogens with one attached hydrogen (secondary N) is 1. The molecule has 42 heavy (non-hydrogen) atoms. The molecule has 220 valence electrons. The Bertz CT molecular complexity index is 1610. The lowest BCUT2D eigenvalue weighted by atomic mass is 9.99. The summed E-state index contributed by atoms with van der Waals surface area (Å²) in [4.78, 5) is 17.3. The number of primary amides is 1. The second-order valence-electron chi connectivity index (χ2n) is 10.9. The van der Waals surface area contributed by atoms with Gasteiger partial charge >= 0.3 is 12.2 Å². The van der Waals surface area contributed by atoms with Crippen molar-refractivity contribution in [2.45, 2.75) is 46.8 Å². The van der Waals surface area contributed by atoms with Gasteiger partial charge in [0.05, 0.1) is 18.0 Å². The molecule has 2 aromatic carbocycles. The number of nitrogens with zero attached hydrogens (tertiary/aromatic N) is 4. The van der Waals surface area contributed by atoms with Crippen molar-refractivity contribution in [1.82, 2.24) is 14.8 Å². The number of carbonyl (C=O) groups is 1. The fourth-order valence-electron chi connectivity index (χ4n) is 5.14. The number of hydrogen-bond donors (Lipinski definition) is 2. The summed E-state index contributed by atoms with van der Waals surface area (Å²) in [6, 6.07) is 14.9. The van der Waals surface area contributed by atoms with Gasteiger partial charge in [-0.3, -0.25) is 0 Å². The Morgan fingerprint density at radius 1 is 1.07 bits per heavy atom. The van der Waals surface area contributed by atoms with Crippen LogP contribution >= 0.6 is 0 Å². The second-order valence-corrected chi connectivity index (χ2v) is 10.9. The third kappa shape index (κ3) is 5.90. The summed E-state index contributed by atoms with van der Waals surface area (Å²) in [5, 5.41) is 7.62. The third-order valence-corrected chi connectivity index (χ3v) is 7.11. The van der Waals surface area contributed by atoms with Crippen LogP contribution < -0.4 is 20.7 Å². The van der Waals surface area contributed by atoms with Gasteiger partial charge in [-0.15, -0.1) is 0 Å². The van der Waals surface area contributed by atoms with E-state index >= 15 is 0 Å². The molecular formula is C31H33F3N6O2. The summed E-state index contributed by atoms with van der Waals surface area (Å²) >= 11 is 0. The molecule has 1 aliphatic rings. The molecule has 1 aliphatic heterocycles. The molecule has 3 N–H and O–H groups in total. The molecule has 8 nitrogen and oxygen atoms in total. The van der Waals surface area contributed by atoms with Gasteiger partial charge in [0, 0.05) is 36.3 Å². The number of nitrogens with two attached hydrogens (primary N) is 1. The molecule has 0 radical (unpaired) electrons. The lowest BCUT2D eigenvalue weighted by Crippen LogP contribution is -2.32. The first-order valence-corrected chi connectivity index (χ1v) is 13.7. The number of halogens is 3. The lowest BCUT2D eigenvalue weighted by Gasteiger charge is -2.29. The molecule has 5 rings (SSSR count). The highest BCUT2D eigenvalue weighted by Crippen LogP contribution is 2.39. The van der Waals surface area contributed by atoms with Crippen molar-refractivity contribution in [3.63, 3.8) is 0 Å². The molecular weight excluding hydrogens is 545 g/mol. The zero-order chi connectivity index (χ0) is 30.2. The number of aryl methyl sites for hydroxylation is 2. The lowest BCUT2D eigenvalue weighted by molar-refractivity contribution is -0.141. The Morgan fingerprint density at radius 2 is 1.81 bits per heavy atom. The summed E-state index contributed by atoms with van der Waals surface area (Å²) in [5.41, 5.74) is 10.6. The Labute approximate surface area is 242 Å². The topological polar surface area (TPSA) is 98.3 Å². The Kier molecular flexibility index (Phi) is 7.85. The molecule has 3 heterocycles. The van der Waals surface area contributed by atoms with Gasteiger partial charge in [0.25, 0.3) is 0 Å². The van der Waals surface area contributed by atoms with Crippen molar-refractivity contribution in [1.29, 1.82) is 0 Å². The molecule has 0 unspecified atom stereocenters. The van der Waals surface area contributed by atoms with E-state index in [1.807, 2.05) is 46.8 Å². The number of benzene rings is 2. The first-order chi connectivity index (χ1) is 19.9. The van der Waals surface area contributed by atoms with Gasteiger partial charge in [0.1, 0.15) is 22.9 Å². The molecule has 0 aliphatic carbocycles. The minimum atomic E-state index is -4.54. The minimum Gasteiger partial charge on any atom is -0.491 e. The van der Waals surface area contributed by atoms with Crippen molar-refractivity contribution in [2.24, 2.45) is 11.7 Å². The highest BCUT2D eigenvalue weighted by molar-refractivity contribution is 5.88. The van der Waals surface area contributed by atoms with Crippen molar-refractivity contribution in [3.05, 3.63) is 82.7 Å². The van der Waals surface area contributed by atoms with Crippen molar-refractivity contribution in [2.75, 3.05) is 23.4 Å². The Balaban J connectivity index is 1.65. The van der Waals surface area contributed by atoms with Gasteiger partial charge < -0.3 is 20.7 Å². The number of ether oxygens (including phenoxy) is 1. The number of hydrogen-bond acceptors (Lipinski definition) is 5. The van der Waals surface area contributed by atoms with Crippen LogP contribution in [0.3, 0.4) is 0 Å². The number of carbonyl (C=O) groups excluding carboxylic acids is 1. The van der Waals surface area contributed by atoms with E-state index in [1.165, 1.54) is 6.07 Å². The van der Waals surface area contributed by atoms with Gasteiger partial charge in [-0.25, -0.2) is 14.5 Å². The third-order valence-electron chi connectivity index (χ3n) is 7.11. The second kappa shape index (κ2) is 11.4. The SMILES string of the molecule is Cc1ccc(C(F)(F)F)nc1N1CCc2nn(-c3c(C)cccc3OCC(C)C)c(-c3ccc(NC(N)=O)cc3)c2C1. The van der Waals surface area contributed by atoms with Gasteiger partial charge in [-0.2, -0.15) is 18.3 Å². The fraction of sp³-hybridized carbons (Fsp3) is 0.323. The minimum absolute atomic E-state index is 0.298. The van der Waals surface area contributed by atoms with Crippen LogP contribution in [0, 0.1) is 19.8 Å². The van der Waals surface area contributed by atoms with Crippen LogP contribution in [0.15, 0.2) is 54.6 Å². The summed E-state index contributed by atoms with van der Waals surface area (Å²) in [6.07, 6.45) is -4.03. The maximum Gasteiger partial charge on any atom is 0.433 e. The number of fused-ring (bicyclic) bond motifs is 1. The highest BCUT2D eigenvalue weighted by Gasteiger charge is 2.34. The van der Waals surface area contributed by atoms with E-state index in [0.29, 0.717) is 54.9 Å². The Morgan fingerprint density at radius 3 is 2.48 bits per heavy atom. The van der Waals surface area contributed by atoms with E-state index in [2.05, 4.69) is 24.1 Å². The van der Waals surface area contributed by atoms with Crippen LogP contribution in [0.1, 0.15) is 41.9 Å². The largest absolute Gasteiger partial charge is 0.491 e. The van der Waals surface area contributed by atoms with E-state index < -0.39 is 17.9 Å². The molecule has 0 saturated carbocycles. The normalized spacial score (nSPS) is 13.3.